The Kier molecular flexibility index (Phi) is 4.17. The molecule has 0 saturated carbocycles. The fourth-order valence-electron chi connectivity index (χ4n) is 2.80. The van der Waals surface area contributed by atoms with E-state index in [9.17, 15) is 8.78 Å². The number of hydrogen-bond acceptors (Lipinski definition) is 3. The Hall–Kier alpha value is -1.77. The molecule has 0 aliphatic carbocycles. The van der Waals surface area contributed by atoms with Crippen LogP contribution in [0.5, 0.6) is 0 Å². The van der Waals surface area contributed by atoms with Gasteiger partial charge in [-0.1, -0.05) is 0 Å². The summed E-state index contributed by atoms with van der Waals surface area (Å²) in [6.45, 7) is -0.371. The molecule has 26 heavy (non-hydrogen) atoms. The molecule has 0 amide bonds. The first-order valence-electron chi connectivity index (χ1n) is 7.53. The lowest BCUT2D eigenvalue weighted by Gasteiger charge is -2.24. The van der Waals surface area contributed by atoms with E-state index in [4.69, 9.17) is 4.74 Å². The smallest absolute Gasteiger partial charge is 0.324 e. The van der Waals surface area contributed by atoms with Crippen LogP contribution in [0, 0.1) is 11.6 Å². The lowest BCUT2D eigenvalue weighted by Crippen LogP contribution is -2.34. The van der Waals surface area contributed by atoms with Gasteiger partial charge in [-0.05, 0) is 52.3 Å². The summed E-state index contributed by atoms with van der Waals surface area (Å²) in [4.78, 5) is 4.76. The highest BCUT2D eigenvalue weighted by Crippen LogP contribution is 2.56. The minimum atomic E-state index is -3.57. The average Bonchev–Trinajstić information content (AvgIpc) is 3.31. The van der Waals surface area contributed by atoms with Crippen molar-refractivity contribution < 1.29 is 22.3 Å². The fourth-order valence-corrected chi connectivity index (χ4v) is 4.17. The first kappa shape index (κ1) is 17.6. The van der Waals surface area contributed by atoms with Crippen LogP contribution in [-0.2, 0) is 16.3 Å². The molecule has 3 aromatic rings. The van der Waals surface area contributed by atoms with Crippen LogP contribution in [-0.4, -0.2) is 11.6 Å². The Balaban J connectivity index is 1.70. The van der Waals surface area contributed by atoms with Gasteiger partial charge in [-0.15, -0.1) is 11.3 Å². The number of hydrogen-bond donors (Lipinski definition) is 0. The van der Waals surface area contributed by atoms with E-state index in [1.54, 1.807) is 0 Å². The highest BCUT2D eigenvalue weighted by molar-refractivity contribution is 9.11. The van der Waals surface area contributed by atoms with Crippen molar-refractivity contribution in [3.63, 3.8) is 0 Å². The van der Waals surface area contributed by atoms with Gasteiger partial charge in [0, 0.05) is 28.3 Å². The lowest BCUT2D eigenvalue weighted by molar-refractivity contribution is -0.0901. The van der Waals surface area contributed by atoms with E-state index in [-0.39, 0.29) is 12.2 Å². The second-order valence-electron chi connectivity index (χ2n) is 5.85. The van der Waals surface area contributed by atoms with Gasteiger partial charge in [0.05, 0.1) is 10.4 Å². The van der Waals surface area contributed by atoms with Crippen LogP contribution < -0.4 is 0 Å². The van der Waals surface area contributed by atoms with Crippen molar-refractivity contribution in [3.8, 4) is 10.4 Å². The zero-order chi connectivity index (χ0) is 18.5. The van der Waals surface area contributed by atoms with Crippen LogP contribution in [0.1, 0.15) is 11.3 Å². The van der Waals surface area contributed by atoms with Crippen molar-refractivity contribution in [1.82, 2.24) is 4.98 Å². The molecule has 0 radical (unpaired) electrons. The highest BCUT2D eigenvalue weighted by Gasteiger charge is 2.68. The minimum absolute atomic E-state index is 0.371. The zero-order valence-corrected chi connectivity index (χ0v) is 15.4. The molecular weight excluding hydrogens is 434 g/mol. The average molecular weight is 444 g/mol. The number of rotatable bonds is 4. The van der Waals surface area contributed by atoms with Gasteiger partial charge in [-0.3, -0.25) is 4.98 Å². The molecule has 0 N–H and O–H groups in total. The number of epoxide rings is 1. The van der Waals surface area contributed by atoms with Gasteiger partial charge in [0.25, 0.3) is 0 Å². The molecule has 1 aliphatic rings. The van der Waals surface area contributed by atoms with Gasteiger partial charge in [0.1, 0.15) is 17.3 Å². The quantitative estimate of drug-likeness (QED) is 0.372. The maximum Gasteiger partial charge on any atom is 0.324 e. The first-order valence-corrected chi connectivity index (χ1v) is 9.14. The summed E-state index contributed by atoms with van der Waals surface area (Å²) in [5, 5.41) is 0. The number of nitrogens with zero attached hydrogens (tertiary/aromatic N) is 1. The Labute approximate surface area is 158 Å². The van der Waals surface area contributed by atoms with Gasteiger partial charge >= 0.3 is 5.92 Å². The number of pyridine rings is 1. The number of benzene rings is 1. The summed E-state index contributed by atoms with van der Waals surface area (Å²) in [6.07, 6.45) is 1.35. The lowest BCUT2D eigenvalue weighted by atomic mass is 9.90. The van der Waals surface area contributed by atoms with Crippen LogP contribution >= 0.6 is 27.3 Å². The van der Waals surface area contributed by atoms with Crippen LogP contribution in [0.4, 0.5) is 17.6 Å². The second kappa shape index (κ2) is 6.14. The van der Waals surface area contributed by atoms with Crippen molar-refractivity contribution in [2.24, 2.45) is 0 Å². The third-order valence-electron chi connectivity index (χ3n) is 4.25. The van der Waals surface area contributed by atoms with Crippen LogP contribution in [0.25, 0.3) is 10.4 Å². The SMILES string of the molecule is Fc1ccc(C2(C(F)(F)c3ccc(-c4ccc(Br)s4)cn3)CO2)c(F)c1. The van der Waals surface area contributed by atoms with Gasteiger partial charge < -0.3 is 4.74 Å². The van der Waals surface area contributed by atoms with Gasteiger partial charge in [-0.2, -0.15) is 8.78 Å². The summed E-state index contributed by atoms with van der Waals surface area (Å²) >= 11 is 4.80. The molecule has 1 unspecified atom stereocenters. The predicted octanol–water partition coefficient (Wildman–Crippen LogP) is 5.87. The molecule has 0 spiro atoms. The van der Waals surface area contributed by atoms with Crippen molar-refractivity contribution in [2.75, 3.05) is 6.61 Å². The third-order valence-corrected chi connectivity index (χ3v) is 5.92. The number of alkyl halides is 2. The van der Waals surface area contributed by atoms with Gasteiger partial charge in [-0.25, -0.2) is 8.78 Å². The molecule has 1 aromatic carbocycles. The van der Waals surface area contributed by atoms with Crippen molar-refractivity contribution in [2.45, 2.75) is 11.5 Å². The molecule has 2 nitrogen and oxygen atoms in total. The largest absolute Gasteiger partial charge is 0.357 e. The number of halogens is 5. The van der Waals surface area contributed by atoms with Crippen molar-refractivity contribution >= 4 is 27.3 Å². The summed E-state index contributed by atoms with van der Waals surface area (Å²) in [5.41, 5.74) is -2.38. The molecule has 134 valence electrons. The number of aromatic nitrogens is 1. The molecule has 1 aliphatic heterocycles. The monoisotopic (exact) mass is 443 g/mol. The molecule has 3 heterocycles. The second-order valence-corrected chi connectivity index (χ2v) is 8.31. The Morgan fingerprint density at radius 1 is 1.12 bits per heavy atom. The molecule has 0 bridgehead atoms. The van der Waals surface area contributed by atoms with Crippen molar-refractivity contribution in [1.29, 1.82) is 0 Å². The molecular formula is C18H10BrF4NOS. The van der Waals surface area contributed by atoms with E-state index in [1.807, 2.05) is 12.1 Å². The van der Waals surface area contributed by atoms with E-state index < -0.39 is 28.9 Å². The Morgan fingerprint density at radius 2 is 1.88 bits per heavy atom. The minimum Gasteiger partial charge on any atom is -0.357 e. The Morgan fingerprint density at radius 3 is 2.42 bits per heavy atom. The summed E-state index contributed by atoms with van der Waals surface area (Å²) in [7, 11) is 0. The third kappa shape index (κ3) is 2.76. The number of ether oxygens (including phenoxy) is 1. The maximum atomic E-state index is 15.0. The predicted molar refractivity (Wildman–Crippen MR) is 93.1 cm³/mol. The van der Waals surface area contributed by atoms with Crippen molar-refractivity contribution in [3.05, 3.63) is 75.3 Å². The van der Waals surface area contributed by atoms with E-state index in [2.05, 4.69) is 20.9 Å². The van der Waals surface area contributed by atoms with E-state index in [1.165, 1.54) is 29.7 Å². The normalized spacial score (nSPS) is 19.6. The van der Waals surface area contributed by atoms with Gasteiger partial charge in [0.15, 0.2) is 5.60 Å². The summed E-state index contributed by atoms with van der Waals surface area (Å²) in [5.74, 6) is -5.47. The molecule has 1 fully saturated rings. The van der Waals surface area contributed by atoms with E-state index in [0.29, 0.717) is 11.6 Å². The topological polar surface area (TPSA) is 25.4 Å². The van der Waals surface area contributed by atoms with E-state index >= 15 is 8.78 Å². The molecule has 1 atom stereocenters. The van der Waals surface area contributed by atoms with Crippen LogP contribution in [0.3, 0.4) is 0 Å². The standard InChI is InChI=1S/C18H10BrF4NOS/c19-16-6-4-14(26-16)10-1-5-15(24-8-10)18(22,23)17(9-25-17)12-3-2-11(20)7-13(12)21/h1-8H,9H2. The maximum absolute atomic E-state index is 15.0. The fraction of sp³-hybridized carbons (Fsp3) is 0.167. The molecule has 4 rings (SSSR count). The van der Waals surface area contributed by atoms with Crippen LogP contribution in [0.2, 0.25) is 0 Å². The Bertz CT molecular complexity index is 970. The number of thiophene rings is 1. The first-order chi connectivity index (χ1) is 12.3. The highest BCUT2D eigenvalue weighted by atomic mass is 79.9. The van der Waals surface area contributed by atoms with E-state index in [0.717, 1.165) is 20.8 Å². The molecule has 1 saturated heterocycles. The molecule has 2 aromatic heterocycles. The van der Waals surface area contributed by atoms with Gasteiger partial charge in [0.2, 0.25) is 0 Å². The summed E-state index contributed by atoms with van der Waals surface area (Å²) in [6, 6.07) is 8.93. The summed E-state index contributed by atoms with van der Waals surface area (Å²) < 4.78 is 63.1. The zero-order valence-electron chi connectivity index (χ0n) is 13.0. The van der Waals surface area contributed by atoms with Crippen LogP contribution in [0.15, 0.2) is 52.4 Å². The molecule has 8 heteroatoms.